The molecule has 3 rings (SSSR count). The van der Waals surface area contributed by atoms with Gasteiger partial charge in [0.2, 0.25) is 0 Å². The fourth-order valence-electron chi connectivity index (χ4n) is 3.75. The van der Waals surface area contributed by atoms with Gasteiger partial charge in [0.25, 0.3) is 11.8 Å². The Kier molecular flexibility index (Phi) is 8.18. The van der Waals surface area contributed by atoms with Crippen LogP contribution >= 0.6 is 0 Å². The van der Waals surface area contributed by atoms with Crippen molar-refractivity contribution in [3.8, 4) is 12.1 Å². The van der Waals surface area contributed by atoms with E-state index in [1.807, 2.05) is 76.2 Å². The molecule has 0 aliphatic rings. The van der Waals surface area contributed by atoms with Gasteiger partial charge in [-0.3, -0.25) is 9.59 Å². The minimum atomic E-state index is -0.512. The van der Waals surface area contributed by atoms with Crippen LogP contribution in [0.2, 0.25) is 0 Å². The molecule has 0 saturated heterocycles. The molecular weight excluding hydrogens is 448 g/mol. The maximum Gasteiger partial charge on any atom is 0.266 e. The number of nitrogens with zero attached hydrogens (tertiary/aromatic N) is 2. The molecule has 0 atom stereocenters. The van der Waals surface area contributed by atoms with Gasteiger partial charge in [0, 0.05) is 11.4 Å². The van der Waals surface area contributed by atoms with Gasteiger partial charge < -0.3 is 10.6 Å². The highest BCUT2D eigenvalue weighted by molar-refractivity contribution is 6.11. The minimum Gasteiger partial charge on any atom is -0.321 e. The fourth-order valence-corrected chi connectivity index (χ4v) is 3.75. The van der Waals surface area contributed by atoms with E-state index >= 15 is 0 Å². The molecule has 0 aliphatic carbocycles. The van der Waals surface area contributed by atoms with Crippen LogP contribution in [-0.2, 0) is 9.59 Å². The zero-order chi connectivity index (χ0) is 26.2. The van der Waals surface area contributed by atoms with E-state index in [9.17, 15) is 20.1 Å². The van der Waals surface area contributed by atoms with Gasteiger partial charge in [-0.1, -0.05) is 54.6 Å². The Morgan fingerprint density at radius 2 is 0.972 bits per heavy atom. The summed E-state index contributed by atoms with van der Waals surface area (Å²) >= 11 is 0. The lowest BCUT2D eigenvalue weighted by molar-refractivity contribution is -0.113. The highest BCUT2D eigenvalue weighted by Gasteiger charge is 2.14. The van der Waals surface area contributed by atoms with E-state index in [0.29, 0.717) is 22.5 Å². The summed E-state index contributed by atoms with van der Waals surface area (Å²) in [6, 6.07) is 22.2. The van der Waals surface area contributed by atoms with E-state index in [2.05, 4.69) is 10.6 Å². The van der Waals surface area contributed by atoms with E-state index in [1.54, 1.807) is 24.3 Å². The lowest BCUT2D eigenvalue weighted by Crippen LogP contribution is -2.15. The molecule has 0 heterocycles. The minimum absolute atomic E-state index is 0.0629. The predicted molar refractivity (Wildman–Crippen MR) is 143 cm³/mol. The molecule has 0 aromatic heterocycles. The van der Waals surface area contributed by atoms with Crippen LogP contribution in [0.25, 0.3) is 12.2 Å². The maximum atomic E-state index is 12.8. The third kappa shape index (κ3) is 6.14. The lowest BCUT2D eigenvalue weighted by Gasteiger charge is -2.11. The molecule has 0 fully saturated rings. The van der Waals surface area contributed by atoms with Gasteiger partial charge in [-0.2, -0.15) is 10.5 Å². The molecule has 2 N–H and O–H groups in total. The van der Waals surface area contributed by atoms with Crippen molar-refractivity contribution in [1.29, 1.82) is 10.5 Å². The Hall–Kier alpha value is -4.94. The molecule has 36 heavy (non-hydrogen) atoms. The van der Waals surface area contributed by atoms with Gasteiger partial charge in [-0.05, 0) is 79.3 Å². The van der Waals surface area contributed by atoms with Crippen molar-refractivity contribution in [2.75, 3.05) is 10.6 Å². The number of carbonyl (C=O) groups is 2. The van der Waals surface area contributed by atoms with Crippen molar-refractivity contribution in [3.05, 3.63) is 105 Å². The first-order chi connectivity index (χ1) is 17.2. The summed E-state index contributed by atoms with van der Waals surface area (Å²) in [5.74, 6) is -1.02. The Morgan fingerprint density at radius 1 is 0.639 bits per heavy atom. The average Bonchev–Trinajstić information content (AvgIpc) is 2.85. The highest BCUT2D eigenvalue weighted by Crippen LogP contribution is 2.22. The molecule has 0 spiro atoms. The molecular formula is C30H26N4O2. The standard InChI is InChI=1S/C30H26N4O2/c1-19-8-5-9-20(2)27(19)33-29(35)25(17-31)15-23-12-7-13-24(14-23)16-26(18-32)30(36)34-28-21(3)10-6-11-22(28)4/h5-16H,1-4H3,(H,33,35)(H,34,36)/b25-15+,26-16+. The maximum absolute atomic E-state index is 12.8. The smallest absolute Gasteiger partial charge is 0.266 e. The predicted octanol–water partition coefficient (Wildman–Crippen LogP) is 6.01. The monoisotopic (exact) mass is 474 g/mol. The molecule has 0 saturated carbocycles. The Labute approximate surface area is 211 Å². The first kappa shape index (κ1) is 25.7. The van der Waals surface area contributed by atoms with Gasteiger partial charge in [-0.25, -0.2) is 0 Å². The number of para-hydroxylation sites is 2. The first-order valence-electron chi connectivity index (χ1n) is 11.3. The molecule has 2 amide bonds. The van der Waals surface area contributed by atoms with Crippen molar-refractivity contribution in [2.24, 2.45) is 0 Å². The number of hydrogen-bond donors (Lipinski definition) is 2. The number of hydrogen-bond acceptors (Lipinski definition) is 4. The van der Waals surface area contributed by atoms with E-state index < -0.39 is 11.8 Å². The van der Waals surface area contributed by atoms with Crippen LogP contribution in [0.4, 0.5) is 11.4 Å². The Morgan fingerprint density at radius 3 is 1.31 bits per heavy atom. The number of amides is 2. The van der Waals surface area contributed by atoms with Crippen LogP contribution in [0.5, 0.6) is 0 Å². The zero-order valence-electron chi connectivity index (χ0n) is 20.6. The van der Waals surface area contributed by atoms with E-state index in [4.69, 9.17) is 0 Å². The van der Waals surface area contributed by atoms with Crippen molar-refractivity contribution < 1.29 is 9.59 Å². The first-order valence-corrected chi connectivity index (χ1v) is 11.3. The van der Waals surface area contributed by atoms with Crippen molar-refractivity contribution in [3.63, 3.8) is 0 Å². The summed E-state index contributed by atoms with van der Waals surface area (Å²) in [5, 5.41) is 24.8. The number of anilines is 2. The Bertz CT molecular complexity index is 1330. The quantitative estimate of drug-likeness (QED) is 0.337. The Balaban J connectivity index is 1.85. The second-order valence-corrected chi connectivity index (χ2v) is 8.45. The summed E-state index contributed by atoms with van der Waals surface area (Å²) in [6.07, 6.45) is 2.95. The van der Waals surface area contributed by atoms with E-state index in [0.717, 1.165) is 22.3 Å². The zero-order valence-corrected chi connectivity index (χ0v) is 20.6. The molecule has 6 heteroatoms. The highest BCUT2D eigenvalue weighted by atomic mass is 16.2. The number of rotatable bonds is 6. The topological polar surface area (TPSA) is 106 Å². The van der Waals surface area contributed by atoms with Gasteiger partial charge in [0.1, 0.15) is 23.3 Å². The van der Waals surface area contributed by atoms with E-state index in [-0.39, 0.29) is 11.1 Å². The van der Waals surface area contributed by atoms with Crippen LogP contribution in [0.1, 0.15) is 33.4 Å². The fraction of sp³-hybridized carbons (Fsp3) is 0.133. The molecule has 3 aromatic rings. The number of nitriles is 2. The van der Waals surface area contributed by atoms with Crippen LogP contribution in [-0.4, -0.2) is 11.8 Å². The van der Waals surface area contributed by atoms with Crippen LogP contribution in [0.3, 0.4) is 0 Å². The molecule has 0 bridgehead atoms. The molecule has 0 unspecified atom stereocenters. The number of benzene rings is 3. The normalized spacial score (nSPS) is 11.3. The third-order valence-electron chi connectivity index (χ3n) is 5.70. The number of nitrogens with one attached hydrogen (secondary N) is 2. The van der Waals surface area contributed by atoms with Crippen LogP contribution in [0, 0.1) is 50.4 Å². The van der Waals surface area contributed by atoms with Crippen molar-refractivity contribution in [2.45, 2.75) is 27.7 Å². The number of aryl methyl sites for hydroxylation is 4. The average molecular weight is 475 g/mol. The van der Waals surface area contributed by atoms with Crippen molar-refractivity contribution in [1.82, 2.24) is 0 Å². The molecule has 0 radical (unpaired) electrons. The second kappa shape index (κ2) is 11.5. The second-order valence-electron chi connectivity index (χ2n) is 8.45. The van der Waals surface area contributed by atoms with E-state index in [1.165, 1.54) is 12.2 Å². The SMILES string of the molecule is Cc1cccc(C)c1NC(=O)/C(C#N)=C/c1cccc(/C=C(\C#N)C(=O)Nc2c(C)cccc2C)c1. The van der Waals surface area contributed by atoms with Crippen molar-refractivity contribution >= 4 is 35.3 Å². The lowest BCUT2D eigenvalue weighted by atomic mass is 10.0. The summed E-state index contributed by atoms with van der Waals surface area (Å²) in [6.45, 7) is 7.55. The molecule has 178 valence electrons. The number of carbonyl (C=O) groups excluding carboxylic acids is 2. The van der Waals surface area contributed by atoms with Gasteiger partial charge in [0.05, 0.1) is 0 Å². The summed E-state index contributed by atoms with van der Waals surface area (Å²) in [5.41, 5.74) is 6.00. The van der Waals surface area contributed by atoms with Crippen LogP contribution < -0.4 is 10.6 Å². The summed E-state index contributed by atoms with van der Waals surface area (Å²) in [7, 11) is 0. The molecule has 6 nitrogen and oxygen atoms in total. The summed E-state index contributed by atoms with van der Waals surface area (Å²) in [4.78, 5) is 25.5. The summed E-state index contributed by atoms with van der Waals surface area (Å²) < 4.78 is 0. The molecule has 0 aliphatic heterocycles. The largest absolute Gasteiger partial charge is 0.321 e. The van der Waals surface area contributed by atoms with Gasteiger partial charge >= 0.3 is 0 Å². The van der Waals surface area contributed by atoms with Crippen LogP contribution in [0.15, 0.2) is 71.8 Å². The third-order valence-corrected chi connectivity index (χ3v) is 5.70. The van der Waals surface area contributed by atoms with Gasteiger partial charge in [0.15, 0.2) is 0 Å². The van der Waals surface area contributed by atoms with Gasteiger partial charge in [-0.15, -0.1) is 0 Å². The molecule has 3 aromatic carbocycles.